The van der Waals surface area contributed by atoms with Gasteiger partial charge >= 0.3 is 6.09 Å². The summed E-state index contributed by atoms with van der Waals surface area (Å²) in [5, 5.41) is 1.78. The maximum atomic E-state index is 13.0. The zero-order valence-electron chi connectivity index (χ0n) is 22.8. The Labute approximate surface area is 254 Å². The zero-order chi connectivity index (χ0) is 28.8. The molecule has 2 aromatic carbocycles. The van der Waals surface area contributed by atoms with Gasteiger partial charge in [0.1, 0.15) is 11.0 Å². The van der Waals surface area contributed by atoms with Crippen molar-refractivity contribution in [1.29, 1.82) is 0 Å². The summed E-state index contributed by atoms with van der Waals surface area (Å²) in [5.41, 5.74) is 2.73. The summed E-state index contributed by atoms with van der Waals surface area (Å²) >= 11 is 14.3. The lowest BCUT2D eigenvalue weighted by Gasteiger charge is -2.37. The Morgan fingerprint density at radius 1 is 0.854 bits per heavy atom. The predicted molar refractivity (Wildman–Crippen MR) is 163 cm³/mol. The number of amides is 2. The number of ether oxygens (including phenoxy) is 1. The number of carbonyl (C=O) groups is 2. The quantitative estimate of drug-likeness (QED) is 0.201. The second-order valence-corrected chi connectivity index (χ2v) is 11.5. The number of carbonyl (C=O) groups excluding carboxylic acids is 2. The lowest BCUT2D eigenvalue weighted by Crippen LogP contribution is -2.50. The number of hydrogen-bond acceptors (Lipinski definition) is 8. The van der Waals surface area contributed by atoms with E-state index in [4.69, 9.17) is 32.9 Å². The molecule has 9 nitrogen and oxygen atoms in total. The number of aromatic nitrogens is 2. The van der Waals surface area contributed by atoms with Crippen molar-refractivity contribution in [3.8, 4) is 0 Å². The number of hydrogen-bond donors (Lipinski definition) is 0. The van der Waals surface area contributed by atoms with Crippen molar-refractivity contribution in [2.24, 2.45) is 0 Å². The lowest BCUT2D eigenvalue weighted by molar-refractivity contribution is 0.0570. The number of nitrogens with zero attached hydrogens (tertiary/aromatic N) is 6. The molecular weight excluding hydrogens is 583 g/mol. The Bertz CT molecular complexity index is 1360. The highest BCUT2D eigenvalue weighted by atomic mass is 35.5. The van der Waals surface area contributed by atoms with E-state index >= 15 is 0 Å². The van der Waals surface area contributed by atoms with Crippen molar-refractivity contribution in [3.63, 3.8) is 0 Å². The van der Waals surface area contributed by atoms with E-state index < -0.39 is 0 Å². The molecule has 0 atom stereocenters. The molecule has 0 spiro atoms. The molecule has 41 heavy (non-hydrogen) atoms. The molecule has 0 aliphatic carbocycles. The summed E-state index contributed by atoms with van der Waals surface area (Å²) in [6, 6.07) is 17.3. The van der Waals surface area contributed by atoms with E-state index in [1.807, 2.05) is 54.6 Å². The van der Waals surface area contributed by atoms with Gasteiger partial charge in [-0.05, 0) is 36.8 Å². The van der Waals surface area contributed by atoms with Crippen molar-refractivity contribution in [2.45, 2.75) is 17.8 Å². The third kappa shape index (κ3) is 7.36. The first-order valence-electron chi connectivity index (χ1n) is 13.6. The van der Waals surface area contributed by atoms with Crippen molar-refractivity contribution in [3.05, 3.63) is 75.9 Å². The molecule has 12 heteroatoms. The van der Waals surface area contributed by atoms with Gasteiger partial charge in [-0.1, -0.05) is 59.2 Å². The Balaban J connectivity index is 1.13. The summed E-state index contributed by atoms with van der Waals surface area (Å²) in [6.07, 6.45) is -0.326. The van der Waals surface area contributed by atoms with Gasteiger partial charge in [-0.25, -0.2) is 14.8 Å². The van der Waals surface area contributed by atoms with Crippen LogP contribution < -0.4 is 9.80 Å². The minimum Gasteiger partial charge on any atom is -0.450 e. The highest BCUT2D eigenvalue weighted by Crippen LogP contribution is 2.29. The fourth-order valence-electron chi connectivity index (χ4n) is 4.88. The van der Waals surface area contributed by atoms with Gasteiger partial charge in [-0.3, -0.25) is 4.79 Å². The van der Waals surface area contributed by atoms with Gasteiger partial charge in [0, 0.05) is 69.7 Å². The molecule has 2 amide bonds. The second-order valence-electron chi connectivity index (χ2n) is 9.72. The molecular formula is C29H32Cl2N6O3S. The van der Waals surface area contributed by atoms with Crippen LogP contribution in [0.15, 0.2) is 59.8 Å². The summed E-state index contributed by atoms with van der Waals surface area (Å²) in [6.45, 7) is 7.31. The Hall–Kier alpha value is -3.21. The average molecular weight is 616 g/mol. The highest BCUT2D eigenvalue weighted by molar-refractivity contribution is 7.98. The average Bonchev–Trinajstić information content (AvgIpc) is 3.00. The molecule has 0 unspecified atom stereocenters. The van der Waals surface area contributed by atoms with Gasteiger partial charge in [0.25, 0.3) is 5.91 Å². The summed E-state index contributed by atoms with van der Waals surface area (Å²) in [7, 11) is 0. The second kappa shape index (κ2) is 13.6. The molecule has 2 fully saturated rings. The van der Waals surface area contributed by atoms with Crippen LogP contribution in [-0.2, 0) is 10.5 Å². The van der Waals surface area contributed by atoms with Gasteiger partial charge < -0.3 is 24.3 Å². The molecule has 0 N–H and O–H groups in total. The van der Waals surface area contributed by atoms with Crippen molar-refractivity contribution in [2.75, 3.05) is 68.8 Å². The molecule has 0 bridgehead atoms. The minimum atomic E-state index is -0.326. The molecule has 3 heterocycles. The van der Waals surface area contributed by atoms with E-state index in [2.05, 4.69) is 14.8 Å². The Kier molecular flexibility index (Phi) is 9.74. The Morgan fingerprint density at radius 3 is 2.20 bits per heavy atom. The lowest BCUT2D eigenvalue weighted by atomic mass is 10.1. The topological polar surface area (TPSA) is 82.1 Å². The van der Waals surface area contributed by atoms with E-state index in [1.165, 1.54) is 11.8 Å². The van der Waals surface area contributed by atoms with Crippen LogP contribution in [0.5, 0.6) is 0 Å². The molecule has 2 saturated heterocycles. The first kappa shape index (κ1) is 29.3. The SMILES string of the molecule is CCOC(=O)N1CCN(C(=O)c2ccc(CSc3nc(Cl)cc(N4CCN(c5ccccc5Cl)CC4)n3)cc2)CC1. The van der Waals surface area contributed by atoms with Gasteiger partial charge in [0.15, 0.2) is 5.16 Å². The zero-order valence-corrected chi connectivity index (χ0v) is 25.2. The number of rotatable bonds is 7. The molecule has 2 aliphatic heterocycles. The first-order chi connectivity index (χ1) is 19.9. The number of piperazine rings is 2. The molecule has 0 radical (unpaired) electrons. The number of halogens is 2. The maximum absolute atomic E-state index is 13.0. The van der Waals surface area contributed by atoms with Gasteiger partial charge in [-0.15, -0.1) is 0 Å². The van der Waals surface area contributed by atoms with Crippen LogP contribution in [-0.4, -0.2) is 90.7 Å². The van der Waals surface area contributed by atoms with Gasteiger partial charge in [-0.2, -0.15) is 0 Å². The highest BCUT2D eigenvalue weighted by Gasteiger charge is 2.25. The largest absolute Gasteiger partial charge is 0.450 e. The van der Waals surface area contributed by atoms with Crippen LogP contribution in [0.1, 0.15) is 22.8 Å². The summed E-state index contributed by atoms with van der Waals surface area (Å²) < 4.78 is 5.05. The van der Waals surface area contributed by atoms with Crippen molar-refractivity contribution in [1.82, 2.24) is 19.8 Å². The normalized spacial score (nSPS) is 15.7. The van der Waals surface area contributed by atoms with Gasteiger partial charge in [0.05, 0.1) is 17.3 Å². The maximum Gasteiger partial charge on any atom is 0.409 e. The van der Waals surface area contributed by atoms with Crippen LogP contribution in [0.25, 0.3) is 0 Å². The molecule has 3 aromatic rings. The van der Waals surface area contributed by atoms with Crippen molar-refractivity contribution < 1.29 is 14.3 Å². The van der Waals surface area contributed by atoms with Gasteiger partial charge in [0.2, 0.25) is 0 Å². The number of anilines is 2. The molecule has 0 saturated carbocycles. The van der Waals surface area contributed by atoms with E-state index in [9.17, 15) is 9.59 Å². The van der Waals surface area contributed by atoms with E-state index in [0.29, 0.717) is 54.4 Å². The summed E-state index contributed by atoms with van der Waals surface area (Å²) in [5.74, 6) is 1.42. The molecule has 1 aromatic heterocycles. The minimum absolute atomic E-state index is 0.0369. The summed E-state index contributed by atoms with van der Waals surface area (Å²) in [4.78, 5) is 42.0. The van der Waals surface area contributed by atoms with Crippen LogP contribution >= 0.6 is 35.0 Å². The van der Waals surface area contributed by atoms with Crippen molar-refractivity contribution >= 4 is 58.5 Å². The van der Waals surface area contributed by atoms with Crippen LogP contribution in [0, 0.1) is 0 Å². The van der Waals surface area contributed by atoms with E-state index in [1.54, 1.807) is 16.7 Å². The molecule has 5 rings (SSSR count). The monoisotopic (exact) mass is 614 g/mol. The molecule has 216 valence electrons. The predicted octanol–water partition coefficient (Wildman–Crippen LogP) is 5.32. The molecule has 2 aliphatic rings. The number of thioether (sulfide) groups is 1. The Morgan fingerprint density at radius 2 is 1.51 bits per heavy atom. The standard InChI is InChI=1S/C29H32Cl2N6O3S/c1-2-40-29(39)37-17-15-36(16-18-37)27(38)22-9-7-21(8-10-22)20-41-28-32-25(31)19-26(33-28)35-13-11-34(12-14-35)24-6-4-3-5-23(24)30/h3-10,19H,2,11-18,20H2,1H3. The van der Waals surface area contributed by atoms with Crippen LogP contribution in [0.2, 0.25) is 10.2 Å². The van der Waals surface area contributed by atoms with E-state index in [-0.39, 0.29) is 12.0 Å². The van der Waals surface area contributed by atoms with Crippen LogP contribution in [0.4, 0.5) is 16.3 Å². The first-order valence-corrected chi connectivity index (χ1v) is 15.4. The van der Waals surface area contributed by atoms with E-state index in [0.717, 1.165) is 48.3 Å². The van der Waals surface area contributed by atoms with Crippen LogP contribution in [0.3, 0.4) is 0 Å². The smallest absolute Gasteiger partial charge is 0.409 e. The fourth-order valence-corrected chi connectivity index (χ4v) is 6.17. The fraction of sp³-hybridized carbons (Fsp3) is 0.379. The third-order valence-corrected chi connectivity index (χ3v) is 8.55. The number of benzene rings is 2. The third-order valence-electron chi connectivity index (χ3n) is 7.12. The number of para-hydroxylation sites is 1.